The van der Waals surface area contributed by atoms with Crippen molar-refractivity contribution >= 4 is 45.5 Å². The number of nitrogens with one attached hydrogen (secondary N) is 2. The minimum Gasteiger partial charge on any atom is -0.494 e. The number of carbonyl (C=O) groups is 2. The largest absolute Gasteiger partial charge is 0.494 e. The standard InChI is InChI=1S/C26H28N2O4S2/c1-4-31-25(30)23-22(19-9-6-5-7-10-19)18(3)34-24(23)28-26(33)27-21(29)11-8-16-32-20-14-12-17(2)13-15-20/h5-7,9-10,12-15H,4,8,11,16H2,1-3H3,(H2,27,28,29,33). The van der Waals surface area contributed by atoms with Gasteiger partial charge in [0.1, 0.15) is 16.3 Å². The molecule has 6 nitrogen and oxygen atoms in total. The van der Waals surface area contributed by atoms with Gasteiger partial charge in [-0.3, -0.25) is 4.79 Å². The third kappa shape index (κ3) is 6.88. The number of anilines is 1. The fourth-order valence-corrected chi connectivity index (χ4v) is 4.71. The normalized spacial score (nSPS) is 10.4. The summed E-state index contributed by atoms with van der Waals surface area (Å²) in [6, 6.07) is 17.4. The molecular formula is C26H28N2O4S2. The Morgan fingerprint density at radius 1 is 1.03 bits per heavy atom. The second kappa shape index (κ2) is 12.3. The van der Waals surface area contributed by atoms with Crippen molar-refractivity contribution in [3.05, 3.63) is 70.6 Å². The van der Waals surface area contributed by atoms with Crippen LogP contribution in [0.15, 0.2) is 54.6 Å². The van der Waals surface area contributed by atoms with Crippen LogP contribution < -0.4 is 15.4 Å². The summed E-state index contributed by atoms with van der Waals surface area (Å²) in [5, 5.41) is 6.38. The average Bonchev–Trinajstić information content (AvgIpc) is 3.14. The van der Waals surface area contributed by atoms with E-state index in [9.17, 15) is 9.59 Å². The predicted octanol–water partition coefficient (Wildman–Crippen LogP) is 5.88. The van der Waals surface area contributed by atoms with Crippen molar-refractivity contribution in [3.8, 4) is 16.9 Å². The van der Waals surface area contributed by atoms with Crippen LogP contribution in [0.4, 0.5) is 5.00 Å². The lowest BCUT2D eigenvalue weighted by molar-refractivity contribution is -0.119. The minimum atomic E-state index is -0.435. The van der Waals surface area contributed by atoms with Crippen LogP contribution in [0.25, 0.3) is 11.1 Å². The third-order valence-electron chi connectivity index (χ3n) is 4.94. The van der Waals surface area contributed by atoms with E-state index in [-0.39, 0.29) is 24.0 Å². The fraction of sp³-hybridized carbons (Fsp3) is 0.269. The molecule has 0 aliphatic rings. The summed E-state index contributed by atoms with van der Waals surface area (Å²) in [5.74, 6) is 0.117. The summed E-state index contributed by atoms with van der Waals surface area (Å²) in [7, 11) is 0. The molecule has 1 aromatic heterocycles. The van der Waals surface area contributed by atoms with Gasteiger partial charge >= 0.3 is 5.97 Å². The number of hydrogen-bond acceptors (Lipinski definition) is 6. The topological polar surface area (TPSA) is 76.7 Å². The number of hydrogen-bond donors (Lipinski definition) is 2. The molecule has 2 N–H and O–H groups in total. The van der Waals surface area contributed by atoms with E-state index in [2.05, 4.69) is 10.6 Å². The first-order chi connectivity index (χ1) is 16.4. The van der Waals surface area contributed by atoms with Crippen LogP contribution in [-0.4, -0.2) is 30.2 Å². The van der Waals surface area contributed by atoms with Gasteiger partial charge in [0.15, 0.2) is 5.11 Å². The van der Waals surface area contributed by atoms with Crippen LogP contribution in [0.1, 0.15) is 40.6 Å². The number of aryl methyl sites for hydroxylation is 2. The molecule has 0 aliphatic carbocycles. The molecule has 0 fully saturated rings. The van der Waals surface area contributed by atoms with Gasteiger partial charge in [-0.2, -0.15) is 0 Å². The molecule has 0 bridgehead atoms. The zero-order valence-electron chi connectivity index (χ0n) is 19.5. The summed E-state index contributed by atoms with van der Waals surface area (Å²) in [5.41, 5.74) is 3.29. The smallest absolute Gasteiger partial charge is 0.341 e. The van der Waals surface area contributed by atoms with Crippen molar-refractivity contribution in [1.29, 1.82) is 0 Å². The molecule has 1 amide bonds. The Morgan fingerprint density at radius 2 is 1.74 bits per heavy atom. The summed E-state index contributed by atoms with van der Waals surface area (Å²) in [6.07, 6.45) is 0.809. The first kappa shape index (κ1) is 25.4. The summed E-state index contributed by atoms with van der Waals surface area (Å²) in [6.45, 7) is 6.40. The van der Waals surface area contributed by atoms with Crippen molar-refractivity contribution in [2.45, 2.75) is 33.6 Å². The van der Waals surface area contributed by atoms with E-state index in [0.717, 1.165) is 27.3 Å². The summed E-state index contributed by atoms with van der Waals surface area (Å²) < 4.78 is 11.0. The second-order valence-corrected chi connectivity index (χ2v) is 9.22. The maximum atomic E-state index is 12.8. The molecule has 0 aliphatic heterocycles. The lowest BCUT2D eigenvalue weighted by Crippen LogP contribution is -2.34. The zero-order valence-corrected chi connectivity index (χ0v) is 21.1. The molecule has 2 aromatic carbocycles. The van der Waals surface area contributed by atoms with Crippen molar-refractivity contribution in [1.82, 2.24) is 5.32 Å². The van der Waals surface area contributed by atoms with Crippen molar-refractivity contribution < 1.29 is 19.1 Å². The monoisotopic (exact) mass is 496 g/mol. The molecule has 0 spiro atoms. The van der Waals surface area contributed by atoms with Crippen LogP contribution in [0.2, 0.25) is 0 Å². The van der Waals surface area contributed by atoms with Crippen LogP contribution in [0, 0.1) is 13.8 Å². The predicted molar refractivity (Wildman–Crippen MR) is 141 cm³/mol. The number of thiocarbonyl (C=S) groups is 1. The Balaban J connectivity index is 1.60. The maximum absolute atomic E-state index is 12.8. The van der Waals surface area contributed by atoms with Gasteiger partial charge in [-0.15, -0.1) is 11.3 Å². The van der Waals surface area contributed by atoms with E-state index in [4.69, 9.17) is 21.7 Å². The molecule has 0 saturated carbocycles. The van der Waals surface area contributed by atoms with Gasteiger partial charge in [0.2, 0.25) is 5.91 Å². The summed E-state index contributed by atoms with van der Waals surface area (Å²) in [4.78, 5) is 26.1. The Morgan fingerprint density at radius 3 is 2.41 bits per heavy atom. The van der Waals surface area contributed by atoms with Crippen LogP contribution in [-0.2, 0) is 9.53 Å². The van der Waals surface area contributed by atoms with E-state index in [1.807, 2.05) is 68.4 Å². The Bertz CT molecular complexity index is 1140. The van der Waals surface area contributed by atoms with E-state index < -0.39 is 5.97 Å². The first-order valence-electron chi connectivity index (χ1n) is 11.0. The molecule has 3 aromatic rings. The van der Waals surface area contributed by atoms with Gasteiger partial charge in [0.05, 0.1) is 13.2 Å². The van der Waals surface area contributed by atoms with E-state index in [1.165, 1.54) is 11.3 Å². The van der Waals surface area contributed by atoms with Gasteiger partial charge < -0.3 is 20.1 Å². The molecule has 178 valence electrons. The molecule has 0 saturated heterocycles. The molecule has 3 rings (SSSR count). The molecule has 1 heterocycles. The summed E-state index contributed by atoms with van der Waals surface area (Å²) >= 11 is 6.73. The maximum Gasteiger partial charge on any atom is 0.341 e. The molecule has 0 atom stereocenters. The van der Waals surface area contributed by atoms with Gasteiger partial charge in [-0.1, -0.05) is 48.0 Å². The molecule has 34 heavy (non-hydrogen) atoms. The van der Waals surface area contributed by atoms with Crippen molar-refractivity contribution in [2.75, 3.05) is 18.5 Å². The highest BCUT2D eigenvalue weighted by Gasteiger charge is 2.25. The average molecular weight is 497 g/mol. The number of benzene rings is 2. The zero-order chi connectivity index (χ0) is 24.5. The number of amides is 1. The first-order valence-corrected chi connectivity index (χ1v) is 12.3. The molecule has 0 radical (unpaired) electrons. The highest BCUT2D eigenvalue weighted by atomic mass is 32.1. The Hall–Kier alpha value is -3.23. The Kier molecular flexibility index (Phi) is 9.18. The van der Waals surface area contributed by atoms with Crippen molar-refractivity contribution in [2.24, 2.45) is 0 Å². The number of ether oxygens (including phenoxy) is 2. The number of esters is 1. The van der Waals surface area contributed by atoms with E-state index >= 15 is 0 Å². The fourth-order valence-electron chi connectivity index (χ4n) is 3.36. The highest BCUT2D eigenvalue weighted by molar-refractivity contribution is 7.80. The van der Waals surface area contributed by atoms with Gasteiger partial charge in [-0.25, -0.2) is 4.79 Å². The SMILES string of the molecule is CCOC(=O)c1c(NC(=S)NC(=O)CCCOc2ccc(C)cc2)sc(C)c1-c1ccccc1. The number of rotatable bonds is 9. The van der Waals surface area contributed by atoms with Crippen LogP contribution in [0.5, 0.6) is 5.75 Å². The quantitative estimate of drug-likeness (QED) is 0.219. The van der Waals surface area contributed by atoms with Gasteiger partial charge in [0.25, 0.3) is 0 Å². The second-order valence-electron chi connectivity index (χ2n) is 7.59. The van der Waals surface area contributed by atoms with Crippen LogP contribution >= 0.6 is 23.6 Å². The number of carbonyl (C=O) groups excluding carboxylic acids is 2. The van der Waals surface area contributed by atoms with Gasteiger partial charge in [0, 0.05) is 16.9 Å². The molecule has 0 unspecified atom stereocenters. The van der Waals surface area contributed by atoms with Crippen molar-refractivity contribution in [3.63, 3.8) is 0 Å². The Labute approximate surface area is 209 Å². The molecule has 8 heteroatoms. The lowest BCUT2D eigenvalue weighted by Gasteiger charge is -2.11. The van der Waals surface area contributed by atoms with E-state index in [1.54, 1.807) is 6.92 Å². The minimum absolute atomic E-state index is 0.135. The third-order valence-corrected chi connectivity index (χ3v) is 6.17. The van der Waals surface area contributed by atoms with Crippen LogP contribution in [0.3, 0.4) is 0 Å². The number of thiophene rings is 1. The molecular weight excluding hydrogens is 468 g/mol. The lowest BCUT2D eigenvalue weighted by atomic mass is 10.0. The van der Waals surface area contributed by atoms with E-state index in [0.29, 0.717) is 23.6 Å². The highest BCUT2D eigenvalue weighted by Crippen LogP contribution is 2.40. The van der Waals surface area contributed by atoms with Gasteiger partial charge in [-0.05, 0) is 57.1 Å².